The molecule has 5 nitrogen and oxygen atoms in total. The molecule has 6 heteroatoms. The van der Waals surface area contributed by atoms with Gasteiger partial charge in [-0.15, -0.1) is 11.8 Å². The van der Waals surface area contributed by atoms with Gasteiger partial charge >= 0.3 is 0 Å². The Kier molecular flexibility index (Phi) is 4.58. The average molecular weight is 376 g/mol. The van der Waals surface area contributed by atoms with Gasteiger partial charge in [-0.25, -0.2) is 0 Å². The molecule has 1 unspecified atom stereocenters. The highest BCUT2D eigenvalue weighted by atomic mass is 32.2. The lowest BCUT2D eigenvalue weighted by molar-refractivity contribution is 0.854. The zero-order valence-electron chi connectivity index (χ0n) is 15.1. The van der Waals surface area contributed by atoms with Crippen LogP contribution in [-0.4, -0.2) is 22.6 Å². The van der Waals surface area contributed by atoms with E-state index in [9.17, 15) is 0 Å². The Labute approximate surface area is 162 Å². The summed E-state index contributed by atoms with van der Waals surface area (Å²) in [5, 5.41) is 15.1. The van der Waals surface area contributed by atoms with Crippen LogP contribution in [0.1, 0.15) is 30.2 Å². The Morgan fingerprint density at radius 1 is 1.41 bits per heavy atom. The van der Waals surface area contributed by atoms with Crippen molar-refractivity contribution in [3.05, 3.63) is 64.4 Å². The molecule has 136 valence electrons. The fourth-order valence-electron chi connectivity index (χ4n) is 3.33. The van der Waals surface area contributed by atoms with Crippen LogP contribution in [0.4, 0.5) is 5.69 Å². The second kappa shape index (κ2) is 7.04. The summed E-state index contributed by atoms with van der Waals surface area (Å²) in [6, 6.07) is 5.72. The van der Waals surface area contributed by atoms with Crippen LogP contribution in [0.3, 0.4) is 0 Å². The van der Waals surface area contributed by atoms with E-state index in [0.29, 0.717) is 17.2 Å². The van der Waals surface area contributed by atoms with Gasteiger partial charge in [0.05, 0.1) is 11.4 Å². The molecular formula is C21H21N5S. The summed E-state index contributed by atoms with van der Waals surface area (Å²) in [5.74, 6) is 1.11. The van der Waals surface area contributed by atoms with Crippen molar-refractivity contribution in [2.45, 2.75) is 19.1 Å². The number of benzene rings is 1. The maximum Gasteiger partial charge on any atom is 0.0962 e. The predicted molar refractivity (Wildman–Crippen MR) is 115 cm³/mol. The molecule has 3 heterocycles. The molecular weight excluding hydrogens is 354 g/mol. The number of allylic oxidation sites excluding steroid dienone is 5. The molecule has 1 atom stereocenters. The molecule has 0 spiro atoms. The van der Waals surface area contributed by atoms with Crippen molar-refractivity contribution in [1.82, 2.24) is 10.2 Å². The van der Waals surface area contributed by atoms with Crippen LogP contribution in [0.15, 0.2) is 52.5 Å². The van der Waals surface area contributed by atoms with Crippen LogP contribution in [0.2, 0.25) is 0 Å². The molecule has 0 radical (unpaired) electrons. The smallest absolute Gasteiger partial charge is 0.0962 e. The lowest BCUT2D eigenvalue weighted by Crippen LogP contribution is -2.06. The molecule has 0 amide bonds. The summed E-state index contributed by atoms with van der Waals surface area (Å²) >= 11 is 1.82. The number of aromatic nitrogens is 2. The Morgan fingerprint density at radius 2 is 2.26 bits per heavy atom. The number of hydrogen-bond donors (Lipinski definition) is 3. The molecule has 4 N–H and O–H groups in total. The fraction of sp³-hybridized carbons (Fsp3) is 0.190. The zero-order valence-corrected chi connectivity index (χ0v) is 15.9. The van der Waals surface area contributed by atoms with Crippen LogP contribution < -0.4 is 5.73 Å². The molecule has 2 aromatic rings. The minimum absolute atomic E-state index is 0.300. The standard InChI is InChI=1S/C21H21N5S/c1-12-7-19(16-4-3-13(2)24-10-16)27-11-17-20(12)25-26-21(17)14-5-6-15(9-22)18(23)8-14/h3,5-10,16,22H,1,4,11,23H2,2H3,(H,25,26). The fourth-order valence-corrected chi connectivity index (χ4v) is 4.52. The van der Waals surface area contributed by atoms with Gasteiger partial charge < -0.3 is 11.1 Å². The highest BCUT2D eigenvalue weighted by Crippen LogP contribution is 2.41. The summed E-state index contributed by atoms with van der Waals surface area (Å²) in [6.45, 7) is 6.27. The number of nitrogens with one attached hydrogen (secondary N) is 2. The van der Waals surface area contributed by atoms with Gasteiger partial charge in [-0.1, -0.05) is 24.8 Å². The number of thioether (sulfide) groups is 1. The third-order valence-corrected chi connectivity index (χ3v) is 6.08. The van der Waals surface area contributed by atoms with Crippen molar-refractivity contribution >= 4 is 35.5 Å². The molecule has 1 aromatic heterocycles. The molecule has 2 aliphatic rings. The maximum atomic E-state index is 7.41. The van der Waals surface area contributed by atoms with E-state index < -0.39 is 0 Å². The van der Waals surface area contributed by atoms with Gasteiger partial charge in [0.2, 0.25) is 0 Å². The summed E-state index contributed by atoms with van der Waals surface area (Å²) in [7, 11) is 0. The first-order valence-electron chi connectivity index (χ1n) is 8.79. The molecule has 4 rings (SSSR count). The number of anilines is 1. The molecule has 0 saturated heterocycles. The first kappa shape index (κ1) is 17.5. The van der Waals surface area contributed by atoms with Gasteiger partial charge in [-0.3, -0.25) is 10.1 Å². The molecule has 1 aromatic carbocycles. The lowest BCUT2D eigenvalue weighted by atomic mass is 9.99. The molecule has 27 heavy (non-hydrogen) atoms. The van der Waals surface area contributed by atoms with E-state index in [2.05, 4.69) is 33.9 Å². The van der Waals surface area contributed by atoms with E-state index in [1.807, 2.05) is 43.1 Å². The zero-order chi connectivity index (χ0) is 19.0. The van der Waals surface area contributed by atoms with Crippen LogP contribution in [0.25, 0.3) is 16.8 Å². The topological polar surface area (TPSA) is 90.9 Å². The number of hydrogen-bond acceptors (Lipinski definition) is 5. The van der Waals surface area contributed by atoms with Gasteiger partial charge in [0, 0.05) is 52.2 Å². The van der Waals surface area contributed by atoms with Crippen molar-refractivity contribution in [2.24, 2.45) is 10.9 Å². The van der Waals surface area contributed by atoms with Crippen molar-refractivity contribution in [3.63, 3.8) is 0 Å². The largest absolute Gasteiger partial charge is 0.398 e. The van der Waals surface area contributed by atoms with Gasteiger partial charge in [0.1, 0.15) is 0 Å². The summed E-state index contributed by atoms with van der Waals surface area (Å²) in [4.78, 5) is 5.74. The predicted octanol–water partition coefficient (Wildman–Crippen LogP) is 4.79. The SMILES string of the molecule is C=C1C=C(C2C=NC(C)=CC2)SCc2c1n[nH]c2-c1ccc(C=N)c(N)c1. The van der Waals surface area contributed by atoms with Gasteiger partial charge in [0.15, 0.2) is 0 Å². The third-order valence-electron chi connectivity index (χ3n) is 4.89. The number of nitrogen functional groups attached to an aromatic ring is 1. The molecule has 2 aliphatic heterocycles. The van der Waals surface area contributed by atoms with E-state index in [0.717, 1.165) is 46.0 Å². The second-order valence-corrected chi connectivity index (χ2v) is 7.79. The van der Waals surface area contributed by atoms with Crippen molar-refractivity contribution < 1.29 is 0 Å². The van der Waals surface area contributed by atoms with Crippen LogP contribution >= 0.6 is 11.8 Å². The first-order chi connectivity index (χ1) is 13.1. The Morgan fingerprint density at radius 3 is 2.96 bits per heavy atom. The molecule has 0 bridgehead atoms. The number of aliphatic imine (C=N–C) groups is 1. The van der Waals surface area contributed by atoms with E-state index in [-0.39, 0.29) is 0 Å². The third kappa shape index (κ3) is 3.28. The highest BCUT2D eigenvalue weighted by Gasteiger charge is 2.23. The summed E-state index contributed by atoms with van der Waals surface area (Å²) in [5.41, 5.74) is 13.3. The number of nitrogens with two attached hydrogens (primary N) is 1. The minimum Gasteiger partial charge on any atom is -0.398 e. The number of rotatable bonds is 3. The molecule has 0 saturated carbocycles. The van der Waals surface area contributed by atoms with E-state index in [1.165, 1.54) is 11.1 Å². The minimum atomic E-state index is 0.300. The van der Waals surface area contributed by atoms with Gasteiger partial charge in [0.25, 0.3) is 0 Å². The first-order valence-corrected chi connectivity index (χ1v) is 9.77. The van der Waals surface area contributed by atoms with Crippen LogP contribution in [0, 0.1) is 11.3 Å². The number of H-pyrrole nitrogens is 1. The number of nitrogens with zero attached hydrogens (tertiary/aromatic N) is 2. The van der Waals surface area contributed by atoms with Crippen molar-refractivity contribution in [2.75, 3.05) is 5.73 Å². The highest BCUT2D eigenvalue weighted by molar-refractivity contribution is 8.02. The molecule has 0 aliphatic carbocycles. The molecule has 0 fully saturated rings. The quantitative estimate of drug-likeness (QED) is 0.532. The Bertz CT molecular complexity index is 1030. The van der Waals surface area contributed by atoms with E-state index >= 15 is 0 Å². The van der Waals surface area contributed by atoms with Crippen LogP contribution in [-0.2, 0) is 5.75 Å². The van der Waals surface area contributed by atoms with E-state index in [4.69, 9.17) is 11.1 Å². The Hall–Kier alpha value is -2.86. The van der Waals surface area contributed by atoms with Crippen molar-refractivity contribution in [1.29, 1.82) is 5.41 Å². The van der Waals surface area contributed by atoms with E-state index in [1.54, 1.807) is 0 Å². The Balaban J connectivity index is 1.65. The maximum absolute atomic E-state index is 7.41. The number of fused-ring (bicyclic) bond motifs is 1. The monoisotopic (exact) mass is 375 g/mol. The lowest BCUT2D eigenvalue weighted by Gasteiger charge is -2.16. The van der Waals surface area contributed by atoms with Crippen LogP contribution in [0.5, 0.6) is 0 Å². The normalized spacial score (nSPS) is 19.1. The summed E-state index contributed by atoms with van der Waals surface area (Å²) < 4.78 is 0. The second-order valence-electron chi connectivity index (χ2n) is 6.74. The number of aromatic amines is 1. The average Bonchev–Trinajstić information content (AvgIpc) is 3.02. The summed E-state index contributed by atoms with van der Waals surface area (Å²) in [6.07, 6.45) is 8.59. The van der Waals surface area contributed by atoms with Crippen molar-refractivity contribution in [3.8, 4) is 11.3 Å². The van der Waals surface area contributed by atoms with Gasteiger partial charge in [-0.2, -0.15) is 5.10 Å². The van der Waals surface area contributed by atoms with Gasteiger partial charge in [-0.05, 0) is 36.0 Å².